The zero-order valence-corrected chi connectivity index (χ0v) is 8.12. The van der Waals surface area contributed by atoms with Crippen LogP contribution in [-0.2, 0) is 15.3 Å². The van der Waals surface area contributed by atoms with E-state index in [2.05, 4.69) is 5.92 Å². The van der Waals surface area contributed by atoms with E-state index in [1.807, 2.05) is 31.2 Å². The molecule has 72 valence electrons. The molecule has 0 spiro atoms. The topological polar surface area (TPSA) is 18.5 Å². The van der Waals surface area contributed by atoms with Crippen LogP contribution >= 0.6 is 0 Å². The van der Waals surface area contributed by atoms with Gasteiger partial charge in [0.2, 0.25) is 0 Å². The molecule has 0 N–H and O–H groups in total. The van der Waals surface area contributed by atoms with Gasteiger partial charge in [0.05, 0.1) is 13.2 Å². The second kappa shape index (κ2) is 3.45. The number of terminal acetylenes is 1. The fourth-order valence-corrected chi connectivity index (χ4v) is 1.55. The van der Waals surface area contributed by atoms with Crippen molar-refractivity contribution >= 4 is 0 Å². The third kappa shape index (κ3) is 1.52. The SMILES string of the molecule is C#Cc1ccc(C2(C)OCCO2)cc1. The van der Waals surface area contributed by atoms with Crippen molar-refractivity contribution in [3.63, 3.8) is 0 Å². The summed E-state index contributed by atoms with van der Waals surface area (Å²) in [6.07, 6.45) is 5.27. The van der Waals surface area contributed by atoms with Gasteiger partial charge in [-0.15, -0.1) is 6.42 Å². The number of hydrogen-bond donors (Lipinski definition) is 0. The van der Waals surface area contributed by atoms with Crippen molar-refractivity contribution in [2.24, 2.45) is 0 Å². The highest BCUT2D eigenvalue weighted by atomic mass is 16.7. The summed E-state index contributed by atoms with van der Waals surface area (Å²) in [7, 11) is 0. The Kier molecular flexibility index (Phi) is 2.28. The first kappa shape index (κ1) is 9.26. The van der Waals surface area contributed by atoms with Gasteiger partial charge in [-0.2, -0.15) is 0 Å². The van der Waals surface area contributed by atoms with Gasteiger partial charge in [0.25, 0.3) is 0 Å². The summed E-state index contributed by atoms with van der Waals surface area (Å²) in [5, 5.41) is 0. The maximum atomic E-state index is 5.53. The number of rotatable bonds is 1. The summed E-state index contributed by atoms with van der Waals surface area (Å²) in [5.41, 5.74) is 1.88. The van der Waals surface area contributed by atoms with Crippen LogP contribution in [0.5, 0.6) is 0 Å². The quantitative estimate of drug-likeness (QED) is 0.626. The molecule has 1 heterocycles. The van der Waals surface area contributed by atoms with Crippen LogP contribution in [0.25, 0.3) is 0 Å². The van der Waals surface area contributed by atoms with E-state index in [1.165, 1.54) is 0 Å². The van der Waals surface area contributed by atoms with Crippen LogP contribution in [0.1, 0.15) is 18.1 Å². The lowest BCUT2D eigenvalue weighted by atomic mass is 10.1. The van der Waals surface area contributed by atoms with Crippen LogP contribution < -0.4 is 0 Å². The lowest BCUT2D eigenvalue weighted by molar-refractivity contribution is -0.149. The van der Waals surface area contributed by atoms with Crippen molar-refractivity contribution in [2.75, 3.05) is 13.2 Å². The molecule has 1 aromatic rings. The minimum absolute atomic E-state index is 0.590. The molecular weight excluding hydrogens is 176 g/mol. The average molecular weight is 188 g/mol. The maximum absolute atomic E-state index is 5.53. The molecule has 1 aliphatic heterocycles. The molecule has 14 heavy (non-hydrogen) atoms. The molecule has 0 aliphatic carbocycles. The number of hydrogen-bond acceptors (Lipinski definition) is 2. The first-order valence-electron chi connectivity index (χ1n) is 4.60. The van der Waals surface area contributed by atoms with E-state index in [1.54, 1.807) is 0 Å². The monoisotopic (exact) mass is 188 g/mol. The Morgan fingerprint density at radius 1 is 1.21 bits per heavy atom. The minimum Gasteiger partial charge on any atom is -0.344 e. The molecule has 0 atom stereocenters. The maximum Gasteiger partial charge on any atom is 0.192 e. The van der Waals surface area contributed by atoms with Crippen LogP contribution in [0, 0.1) is 12.3 Å². The predicted octanol–water partition coefficient (Wildman–Crippen LogP) is 1.89. The third-order valence-electron chi connectivity index (χ3n) is 2.41. The molecule has 0 aromatic heterocycles. The zero-order chi connectivity index (χ0) is 10.0. The lowest BCUT2D eigenvalue weighted by Gasteiger charge is -2.22. The molecule has 0 radical (unpaired) electrons. The second-order valence-corrected chi connectivity index (χ2v) is 3.36. The highest BCUT2D eigenvalue weighted by Crippen LogP contribution is 2.30. The van der Waals surface area contributed by atoms with Crippen LogP contribution in [0.4, 0.5) is 0 Å². The molecule has 1 fully saturated rings. The fraction of sp³-hybridized carbons (Fsp3) is 0.333. The smallest absolute Gasteiger partial charge is 0.192 e. The van der Waals surface area contributed by atoms with Crippen molar-refractivity contribution in [1.82, 2.24) is 0 Å². The van der Waals surface area contributed by atoms with E-state index in [9.17, 15) is 0 Å². The summed E-state index contributed by atoms with van der Waals surface area (Å²) in [6.45, 7) is 3.21. The van der Waals surface area contributed by atoms with Crippen LogP contribution in [0.3, 0.4) is 0 Å². The van der Waals surface area contributed by atoms with Gasteiger partial charge in [-0.3, -0.25) is 0 Å². The molecule has 2 nitrogen and oxygen atoms in total. The Morgan fingerprint density at radius 3 is 2.29 bits per heavy atom. The third-order valence-corrected chi connectivity index (χ3v) is 2.41. The number of ether oxygens (including phenoxy) is 2. The largest absolute Gasteiger partial charge is 0.344 e. The second-order valence-electron chi connectivity index (χ2n) is 3.36. The molecule has 1 aromatic carbocycles. The first-order chi connectivity index (χ1) is 6.74. The molecule has 2 heteroatoms. The molecular formula is C12H12O2. The van der Waals surface area contributed by atoms with E-state index in [-0.39, 0.29) is 0 Å². The van der Waals surface area contributed by atoms with Crippen molar-refractivity contribution in [2.45, 2.75) is 12.7 Å². The summed E-state index contributed by atoms with van der Waals surface area (Å²) in [4.78, 5) is 0. The Bertz CT molecular complexity index is 353. The Hall–Kier alpha value is -1.30. The van der Waals surface area contributed by atoms with E-state index >= 15 is 0 Å². The highest BCUT2D eigenvalue weighted by Gasteiger charge is 2.32. The van der Waals surface area contributed by atoms with Crippen molar-refractivity contribution in [3.05, 3.63) is 35.4 Å². The van der Waals surface area contributed by atoms with E-state index in [0.29, 0.717) is 13.2 Å². The minimum atomic E-state index is -0.590. The van der Waals surface area contributed by atoms with Crippen LogP contribution in [0.2, 0.25) is 0 Å². The van der Waals surface area contributed by atoms with Gasteiger partial charge in [0.1, 0.15) is 0 Å². The normalized spacial score (nSPS) is 19.1. The molecule has 0 saturated carbocycles. The van der Waals surface area contributed by atoms with Gasteiger partial charge < -0.3 is 9.47 Å². The summed E-state index contributed by atoms with van der Waals surface area (Å²) < 4.78 is 11.1. The standard InChI is InChI=1S/C12H12O2/c1-3-10-4-6-11(7-5-10)12(2)13-8-9-14-12/h1,4-7H,8-9H2,2H3. The van der Waals surface area contributed by atoms with E-state index < -0.39 is 5.79 Å². The number of benzene rings is 1. The highest BCUT2D eigenvalue weighted by molar-refractivity contribution is 5.35. The molecule has 0 unspecified atom stereocenters. The predicted molar refractivity (Wildman–Crippen MR) is 53.6 cm³/mol. The van der Waals surface area contributed by atoms with Crippen molar-refractivity contribution in [1.29, 1.82) is 0 Å². The van der Waals surface area contributed by atoms with Gasteiger partial charge >= 0.3 is 0 Å². The van der Waals surface area contributed by atoms with Crippen LogP contribution in [-0.4, -0.2) is 13.2 Å². The van der Waals surface area contributed by atoms with E-state index in [0.717, 1.165) is 11.1 Å². The Morgan fingerprint density at radius 2 is 1.79 bits per heavy atom. The van der Waals surface area contributed by atoms with Crippen molar-refractivity contribution in [3.8, 4) is 12.3 Å². The van der Waals surface area contributed by atoms with Gasteiger partial charge in [-0.1, -0.05) is 18.1 Å². The summed E-state index contributed by atoms with van der Waals surface area (Å²) >= 11 is 0. The average Bonchev–Trinajstić information content (AvgIpc) is 2.67. The fourth-order valence-electron chi connectivity index (χ4n) is 1.55. The van der Waals surface area contributed by atoms with Gasteiger partial charge in [0.15, 0.2) is 5.79 Å². The summed E-state index contributed by atoms with van der Waals surface area (Å²) in [6, 6.07) is 7.68. The summed E-state index contributed by atoms with van der Waals surface area (Å²) in [5.74, 6) is 1.99. The van der Waals surface area contributed by atoms with E-state index in [4.69, 9.17) is 15.9 Å². The van der Waals surface area contributed by atoms with Gasteiger partial charge in [-0.05, 0) is 19.1 Å². The Balaban J connectivity index is 2.29. The molecule has 0 bridgehead atoms. The first-order valence-corrected chi connectivity index (χ1v) is 4.60. The Labute approximate surface area is 83.8 Å². The van der Waals surface area contributed by atoms with Gasteiger partial charge in [-0.25, -0.2) is 0 Å². The molecule has 1 aliphatic rings. The lowest BCUT2D eigenvalue weighted by Crippen LogP contribution is -2.22. The molecule has 0 amide bonds. The van der Waals surface area contributed by atoms with Crippen molar-refractivity contribution < 1.29 is 9.47 Å². The van der Waals surface area contributed by atoms with Crippen LogP contribution in [0.15, 0.2) is 24.3 Å². The van der Waals surface area contributed by atoms with Gasteiger partial charge in [0, 0.05) is 11.1 Å². The molecule has 2 rings (SSSR count). The molecule has 1 saturated heterocycles. The zero-order valence-electron chi connectivity index (χ0n) is 8.12.